The van der Waals surface area contributed by atoms with Crippen LogP contribution in [0.1, 0.15) is 46.5 Å². The second kappa shape index (κ2) is 5.71. The van der Waals surface area contributed by atoms with Crippen LogP contribution in [0.4, 0.5) is 0 Å². The first kappa shape index (κ1) is 14.7. The van der Waals surface area contributed by atoms with Crippen LogP contribution in [-0.4, -0.2) is 17.6 Å². The predicted octanol–water partition coefficient (Wildman–Crippen LogP) is 2.27. The molecule has 1 saturated carbocycles. The molecule has 1 aliphatic rings. The van der Waals surface area contributed by atoms with Gasteiger partial charge in [0.05, 0.1) is 5.92 Å². The largest absolute Gasteiger partial charge is 0.460 e. The first-order chi connectivity index (χ1) is 6.38. The van der Waals surface area contributed by atoms with E-state index in [0.29, 0.717) is 0 Å². The van der Waals surface area contributed by atoms with E-state index in [4.69, 9.17) is 10.5 Å². The Labute approximate surface area is 98.2 Å². The van der Waals surface area contributed by atoms with Crippen molar-refractivity contribution in [2.24, 2.45) is 11.7 Å². The molecule has 0 aromatic rings. The van der Waals surface area contributed by atoms with Crippen LogP contribution in [0.2, 0.25) is 0 Å². The topological polar surface area (TPSA) is 52.3 Å². The normalized spacial score (nSPS) is 26.7. The molecule has 90 valence electrons. The summed E-state index contributed by atoms with van der Waals surface area (Å²) in [4.78, 5) is 11.7. The van der Waals surface area contributed by atoms with Gasteiger partial charge in [-0.05, 0) is 46.5 Å². The Morgan fingerprint density at radius 1 is 1.20 bits per heavy atom. The molecule has 0 bridgehead atoms. The Balaban J connectivity index is 0.00000196. The van der Waals surface area contributed by atoms with E-state index in [0.717, 1.165) is 25.7 Å². The van der Waals surface area contributed by atoms with Crippen molar-refractivity contribution in [1.29, 1.82) is 0 Å². The molecule has 15 heavy (non-hydrogen) atoms. The van der Waals surface area contributed by atoms with Crippen molar-refractivity contribution >= 4 is 18.4 Å². The molecular formula is C11H22ClNO2. The second-order valence-electron chi connectivity index (χ2n) is 5.15. The zero-order valence-electron chi connectivity index (χ0n) is 9.79. The van der Waals surface area contributed by atoms with E-state index in [1.807, 2.05) is 20.8 Å². The molecule has 2 N–H and O–H groups in total. The molecule has 0 aliphatic heterocycles. The Bertz CT molecular complexity index is 205. The fourth-order valence-corrected chi connectivity index (χ4v) is 1.74. The summed E-state index contributed by atoms with van der Waals surface area (Å²) in [6, 6.07) is 0.286. The minimum atomic E-state index is -0.364. The highest BCUT2D eigenvalue weighted by Gasteiger charge is 2.28. The van der Waals surface area contributed by atoms with Gasteiger partial charge in [-0.15, -0.1) is 12.4 Å². The van der Waals surface area contributed by atoms with Crippen LogP contribution in [0.25, 0.3) is 0 Å². The monoisotopic (exact) mass is 235 g/mol. The Morgan fingerprint density at radius 3 is 2.07 bits per heavy atom. The van der Waals surface area contributed by atoms with E-state index in [1.54, 1.807) is 0 Å². The first-order valence-corrected chi connectivity index (χ1v) is 5.37. The van der Waals surface area contributed by atoms with Gasteiger partial charge >= 0.3 is 5.97 Å². The summed E-state index contributed by atoms with van der Waals surface area (Å²) in [7, 11) is 0. The number of nitrogens with two attached hydrogens (primary N) is 1. The van der Waals surface area contributed by atoms with Crippen LogP contribution in [-0.2, 0) is 9.53 Å². The van der Waals surface area contributed by atoms with E-state index >= 15 is 0 Å². The maximum Gasteiger partial charge on any atom is 0.309 e. The maximum atomic E-state index is 11.7. The number of hydrogen-bond acceptors (Lipinski definition) is 3. The van der Waals surface area contributed by atoms with Crippen LogP contribution in [0.15, 0.2) is 0 Å². The highest BCUT2D eigenvalue weighted by atomic mass is 35.5. The second-order valence-corrected chi connectivity index (χ2v) is 5.15. The van der Waals surface area contributed by atoms with Crippen molar-refractivity contribution in [2.45, 2.75) is 58.1 Å². The summed E-state index contributed by atoms with van der Waals surface area (Å²) < 4.78 is 5.33. The van der Waals surface area contributed by atoms with Gasteiger partial charge < -0.3 is 10.5 Å². The Hall–Kier alpha value is -0.280. The van der Waals surface area contributed by atoms with Crippen molar-refractivity contribution < 1.29 is 9.53 Å². The molecule has 3 nitrogen and oxygen atoms in total. The van der Waals surface area contributed by atoms with Gasteiger partial charge in [0, 0.05) is 6.04 Å². The molecule has 0 saturated heterocycles. The highest BCUT2D eigenvalue weighted by Crippen LogP contribution is 2.25. The molecule has 0 amide bonds. The van der Waals surface area contributed by atoms with Crippen LogP contribution in [0.5, 0.6) is 0 Å². The lowest BCUT2D eigenvalue weighted by Crippen LogP contribution is -2.34. The third-order valence-corrected chi connectivity index (χ3v) is 2.51. The SMILES string of the molecule is CC(C)(C)OC(=O)[C@H]1CC[C@H](N)CC1.Cl. The number of rotatable bonds is 1. The number of carbonyl (C=O) groups excluding carboxylic acids is 1. The van der Waals surface area contributed by atoms with E-state index < -0.39 is 0 Å². The maximum absolute atomic E-state index is 11.7. The minimum Gasteiger partial charge on any atom is -0.460 e. The molecule has 0 radical (unpaired) electrons. The summed E-state index contributed by atoms with van der Waals surface area (Å²) in [5.41, 5.74) is 5.41. The molecule has 0 aromatic heterocycles. The van der Waals surface area contributed by atoms with Crippen molar-refractivity contribution in [1.82, 2.24) is 0 Å². The predicted molar refractivity (Wildman–Crippen MR) is 63.0 cm³/mol. The third-order valence-electron chi connectivity index (χ3n) is 2.51. The van der Waals surface area contributed by atoms with Gasteiger partial charge in [0.2, 0.25) is 0 Å². The first-order valence-electron chi connectivity index (χ1n) is 5.37. The molecule has 0 atom stereocenters. The van der Waals surface area contributed by atoms with Gasteiger partial charge in [0.1, 0.15) is 5.60 Å². The summed E-state index contributed by atoms with van der Waals surface area (Å²) in [6.07, 6.45) is 3.67. The zero-order chi connectivity index (χ0) is 10.8. The standard InChI is InChI=1S/C11H21NO2.ClH/c1-11(2,3)14-10(13)8-4-6-9(12)7-5-8;/h8-9H,4-7,12H2,1-3H3;1H/t8-,9-;. The minimum absolute atomic E-state index is 0. The van der Waals surface area contributed by atoms with Gasteiger partial charge in [0.15, 0.2) is 0 Å². The number of ether oxygens (including phenoxy) is 1. The van der Waals surface area contributed by atoms with Crippen molar-refractivity contribution in [3.05, 3.63) is 0 Å². The van der Waals surface area contributed by atoms with Crippen molar-refractivity contribution in [3.63, 3.8) is 0 Å². The van der Waals surface area contributed by atoms with E-state index in [9.17, 15) is 4.79 Å². The summed E-state index contributed by atoms with van der Waals surface area (Å²) >= 11 is 0. The van der Waals surface area contributed by atoms with Crippen LogP contribution < -0.4 is 5.73 Å². The van der Waals surface area contributed by atoms with Crippen LogP contribution in [0, 0.1) is 5.92 Å². The fraction of sp³-hybridized carbons (Fsp3) is 0.909. The third kappa shape index (κ3) is 5.38. The van der Waals surface area contributed by atoms with Gasteiger partial charge in [-0.2, -0.15) is 0 Å². The Kier molecular flexibility index (Phi) is 5.60. The summed E-state index contributed by atoms with van der Waals surface area (Å²) in [5, 5.41) is 0. The van der Waals surface area contributed by atoms with Crippen LogP contribution in [0.3, 0.4) is 0 Å². The van der Waals surface area contributed by atoms with Gasteiger partial charge in [-0.3, -0.25) is 4.79 Å². The number of hydrogen-bond donors (Lipinski definition) is 1. The molecule has 0 heterocycles. The zero-order valence-corrected chi connectivity index (χ0v) is 10.6. The van der Waals surface area contributed by atoms with Crippen molar-refractivity contribution in [2.75, 3.05) is 0 Å². The molecule has 4 heteroatoms. The Morgan fingerprint density at radius 2 is 1.67 bits per heavy atom. The van der Waals surface area contributed by atoms with Crippen molar-refractivity contribution in [3.8, 4) is 0 Å². The van der Waals surface area contributed by atoms with E-state index in [2.05, 4.69) is 0 Å². The van der Waals surface area contributed by atoms with E-state index in [-0.39, 0.29) is 35.9 Å². The van der Waals surface area contributed by atoms with Crippen LogP contribution >= 0.6 is 12.4 Å². The number of carbonyl (C=O) groups is 1. The fourth-order valence-electron chi connectivity index (χ4n) is 1.74. The molecule has 0 unspecified atom stereocenters. The van der Waals surface area contributed by atoms with E-state index in [1.165, 1.54) is 0 Å². The molecule has 0 spiro atoms. The van der Waals surface area contributed by atoms with Gasteiger partial charge in [-0.25, -0.2) is 0 Å². The molecule has 1 aliphatic carbocycles. The highest BCUT2D eigenvalue weighted by molar-refractivity contribution is 5.85. The quantitative estimate of drug-likeness (QED) is 0.710. The lowest BCUT2D eigenvalue weighted by molar-refractivity contribution is -0.161. The summed E-state index contributed by atoms with van der Waals surface area (Å²) in [5.74, 6) is 0.0263. The summed E-state index contributed by atoms with van der Waals surface area (Å²) in [6.45, 7) is 5.71. The molecular weight excluding hydrogens is 214 g/mol. The molecule has 0 aromatic carbocycles. The number of halogens is 1. The lowest BCUT2D eigenvalue weighted by atomic mass is 9.86. The number of esters is 1. The van der Waals surface area contributed by atoms with Gasteiger partial charge in [0.25, 0.3) is 0 Å². The molecule has 1 rings (SSSR count). The average Bonchev–Trinajstić information content (AvgIpc) is 2.02. The average molecular weight is 236 g/mol. The lowest BCUT2D eigenvalue weighted by Gasteiger charge is -2.28. The van der Waals surface area contributed by atoms with Gasteiger partial charge in [-0.1, -0.05) is 0 Å². The molecule has 1 fully saturated rings. The smallest absolute Gasteiger partial charge is 0.309 e.